The highest BCUT2D eigenvalue weighted by Gasteiger charge is 2.30. The highest BCUT2D eigenvalue weighted by Crippen LogP contribution is 2.22. The number of aromatic nitrogens is 1. The molecule has 0 aliphatic carbocycles. The van der Waals surface area contributed by atoms with Crippen molar-refractivity contribution in [1.29, 1.82) is 0 Å². The maximum atomic E-state index is 12.3. The van der Waals surface area contributed by atoms with Crippen LogP contribution >= 0.6 is 0 Å². The number of aliphatic hydroxyl groups is 1. The summed E-state index contributed by atoms with van der Waals surface area (Å²) >= 11 is 0. The van der Waals surface area contributed by atoms with E-state index >= 15 is 0 Å². The molecule has 2 rings (SSSR count). The number of nitrogens with two attached hydrogens (primary N) is 1. The van der Waals surface area contributed by atoms with Crippen LogP contribution in [0, 0.1) is 6.92 Å². The van der Waals surface area contributed by atoms with Crippen molar-refractivity contribution >= 4 is 11.7 Å². The van der Waals surface area contributed by atoms with Gasteiger partial charge in [-0.3, -0.25) is 4.79 Å². The highest BCUT2D eigenvalue weighted by molar-refractivity contribution is 5.95. The van der Waals surface area contributed by atoms with E-state index < -0.39 is 5.60 Å². The van der Waals surface area contributed by atoms with Gasteiger partial charge >= 0.3 is 0 Å². The fourth-order valence-electron chi connectivity index (χ4n) is 2.19. The van der Waals surface area contributed by atoms with Crippen LogP contribution < -0.4 is 5.73 Å². The largest absolute Gasteiger partial charge is 0.390 e. The molecular weight excluding hydrogens is 230 g/mol. The SMILES string of the molecule is Cc1cc(C(=O)N2CCC(C)(O)CC2)cc(N)n1. The number of nitrogen functional groups attached to an aromatic ring is 1. The van der Waals surface area contributed by atoms with E-state index in [9.17, 15) is 9.90 Å². The average Bonchev–Trinajstić information content (AvgIpc) is 2.27. The van der Waals surface area contributed by atoms with Crippen LogP contribution in [0.1, 0.15) is 35.8 Å². The van der Waals surface area contributed by atoms with E-state index in [1.54, 1.807) is 17.0 Å². The summed E-state index contributed by atoms with van der Waals surface area (Å²) in [5, 5.41) is 9.86. The van der Waals surface area contributed by atoms with Crippen LogP contribution in [0.2, 0.25) is 0 Å². The molecule has 1 aromatic rings. The summed E-state index contributed by atoms with van der Waals surface area (Å²) in [7, 11) is 0. The molecular formula is C13H19N3O2. The second kappa shape index (κ2) is 4.57. The Bertz CT molecular complexity index is 441. The maximum absolute atomic E-state index is 12.3. The first-order chi connectivity index (χ1) is 8.37. The molecule has 0 radical (unpaired) electrons. The van der Waals surface area contributed by atoms with Gasteiger partial charge in [0.05, 0.1) is 5.60 Å². The third-order valence-corrected chi connectivity index (χ3v) is 3.35. The normalized spacial score (nSPS) is 18.7. The molecule has 98 valence electrons. The number of hydrogen-bond acceptors (Lipinski definition) is 4. The minimum Gasteiger partial charge on any atom is -0.390 e. The zero-order valence-electron chi connectivity index (χ0n) is 10.8. The fraction of sp³-hybridized carbons (Fsp3) is 0.538. The van der Waals surface area contributed by atoms with E-state index in [1.165, 1.54) is 0 Å². The van der Waals surface area contributed by atoms with Crippen LogP contribution in [0.3, 0.4) is 0 Å². The summed E-state index contributed by atoms with van der Waals surface area (Å²) < 4.78 is 0. The molecule has 0 saturated carbocycles. The number of piperidine rings is 1. The van der Waals surface area contributed by atoms with Gasteiger partial charge in [0, 0.05) is 24.3 Å². The molecule has 0 spiro atoms. The summed E-state index contributed by atoms with van der Waals surface area (Å²) in [5.41, 5.74) is 6.31. The van der Waals surface area contributed by atoms with Gasteiger partial charge in [-0.05, 0) is 38.8 Å². The van der Waals surface area contributed by atoms with Gasteiger partial charge in [0.25, 0.3) is 5.91 Å². The summed E-state index contributed by atoms with van der Waals surface area (Å²) in [6.45, 7) is 4.78. The van der Waals surface area contributed by atoms with Gasteiger partial charge < -0.3 is 15.7 Å². The second-order valence-corrected chi connectivity index (χ2v) is 5.21. The van der Waals surface area contributed by atoms with Gasteiger partial charge in [0.15, 0.2) is 0 Å². The Morgan fingerprint density at radius 1 is 1.44 bits per heavy atom. The van der Waals surface area contributed by atoms with E-state index in [0.29, 0.717) is 37.3 Å². The van der Waals surface area contributed by atoms with Crippen molar-refractivity contribution in [3.63, 3.8) is 0 Å². The minimum absolute atomic E-state index is 0.0392. The topological polar surface area (TPSA) is 79.5 Å². The molecule has 0 unspecified atom stereocenters. The molecule has 3 N–H and O–H groups in total. The van der Waals surface area contributed by atoms with E-state index in [4.69, 9.17) is 5.73 Å². The quantitative estimate of drug-likeness (QED) is 0.777. The smallest absolute Gasteiger partial charge is 0.254 e. The molecule has 1 fully saturated rings. The Morgan fingerprint density at radius 3 is 2.61 bits per heavy atom. The first kappa shape index (κ1) is 12.8. The zero-order chi connectivity index (χ0) is 13.3. The number of amides is 1. The molecule has 18 heavy (non-hydrogen) atoms. The molecule has 1 aliphatic rings. The monoisotopic (exact) mass is 249 g/mol. The van der Waals surface area contributed by atoms with E-state index in [-0.39, 0.29) is 5.91 Å². The van der Waals surface area contributed by atoms with Gasteiger partial charge in [0.1, 0.15) is 5.82 Å². The maximum Gasteiger partial charge on any atom is 0.254 e. The lowest BCUT2D eigenvalue weighted by Gasteiger charge is -2.35. The molecule has 0 bridgehead atoms. The molecule has 2 heterocycles. The third-order valence-electron chi connectivity index (χ3n) is 3.35. The first-order valence-electron chi connectivity index (χ1n) is 6.13. The number of likely N-dealkylation sites (tertiary alicyclic amines) is 1. The van der Waals surface area contributed by atoms with Crippen LogP contribution in [0.4, 0.5) is 5.82 Å². The summed E-state index contributed by atoms with van der Waals surface area (Å²) in [6, 6.07) is 3.34. The van der Waals surface area contributed by atoms with Crippen molar-refractivity contribution in [2.75, 3.05) is 18.8 Å². The summed E-state index contributed by atoms with van der Waals surface area (Å²) in [5.74, 6) is 0.324. The first-order valence-corrected chi connectivity index (χ1v) is 6.13. The molecule has 5 nitrogen and oxygen atoms in total. The Labute approximate surface area is 107 Å². The standard InChI is InChI=1S/C13H19N3O2/c1-9-7-10(8-11(14)15-9)12(17)16-5-3-13(2,18)4-6-16/h7-8,18H,3-6H2,1-2H3,(H2,14,15). The molecule has 5 heteroatoms. The lowest BCUT2D eigenvalue weighted by atomic mass is 9.93. The fourth-order valence-corrected chi connectivity index (χ4v) is 2.19. The second-order valence-electron chi connectivity index (χ2n) is 5.21. The Morgan fingerprint density at radius 2 is 2.06 bits per heavy atom. The van der Waals surface area contributed by atoms with Crippen molar-refractivity contribution in [3.05, 3.63) is 23.4 Å². The number of rotatable bonds is 1. The van der Waals surface area contributed by atoms with Crippen molar-refractivity contribution < 1.29 is 9.90 Å². The van der Waals surface area contributed by atoms with Crippen molar-refractivity contribution in [1.82, 2.24) is 9.88 Å². The van der Waals surface area contributed by atoms with Crippen LogP contribution in [0.15, 0.2) is 12.1 Å². The summed E-state index contributed by atoms with van der Waals surface area (Å²) in [4.78, 5) is 18.1. The van der Waals surface area contributed by atoms with Crippen molar-refractivity contribution in [2.24, 2.45) is 0 Å². The Kier molecular flexibility index (Phi) is 3.26. The van der Waals surface area contributed by atoms with Crippen LogP contribution in [-0.2, 0) is 0 Å². The minimum atomic E-state index is -0.649. The highest BCUT2D eigenvalue weighted by atomic mass is 16.3. The van der Waals surface area contributed by atoms with Gasteiger partial charge in [-0.25, -0.2) is 4.98 Å². The average molecular weight is 249 g/mol. The van der Waals surface area contributed by atoms with Crippen LogP contribution in [0.5, 0.6) is 0 Å². The number of nitrogens with zero attached hydrogens (tertiary/aromatic N) is 2. The van der Waals surface area contributed by atoms with Gasteiger partial charge in [-0.1, -0.05) is 0 Å². The predicted octanol–water partition coefficient (Wildman–Crippen LogP) is 0.959. The molecule has 0 atom stereocenters. The van der Waals surface area contributed by atoms with E-state index in [2.05, 4.69) is 4.98 Å². The van der Waals surface area contributed by atoms with E-state index in [0.717, 1.165) is 5.69 Å². The molecule has 1 saturated heterocycles. The Hall–Kier alpha value is -1.62. The van der Waals surface area contributed by atoms with E-state index in [1.807, 2.05) is 13.8 Å². The van der Waals surface area contributed by atoms with Crippen LogP contribution in [0.25, 0.3) is 0 Å². The van der Waals surface area contributed by atoms with Gasteiger partial charge in [0.2, 0.25) is 0 Å². The zero-order valence-corrected chi connectivity index (χ0v) is 10.8. The van der Waals surface area contributed by atoms with Crippen molar-refractivity contribution in [3.8, 4) is 0 Å². The van der Waals surface area contributed by atoms with Crippen molar-refractivity contribution in [2.45, 2.75) is 32.3 Å². The number of pyridine rings is 1. The number of carbonyl (C=O) groups excluding carboxylic acids is 1. The molecule has 1 aromatic heterocycles. The molecule has 1 amide bonds. The predicted molar refractivity (Wildman–Crippen MR) is 69.1 cm³/mol. The number of hydrogen-bond donors (Lipinski definition) is 2. The number of carbonyl (C=O) groups is 1. The molecule has 1 aliphatic heterocycles. The van der Waals surface area contributed by atoms with Gasteiger partial charge in [-0.2, -0.15) is 0 Å². The number of aryl methyl sites for hydroxylation is 1. The van der Waals surface area contributed by atoms with Crippen LogP contribution in [-0.4, -0.2) is 39.6 Å². The third kappa shape index (κ3) is 2.79. The Balaban J connectivity index is 2.12. The number of anilines is 1. The summed E-state index contributed by atoms with van der Waals surface area (Å²) in [6.07, 6.45) is 1.22. The lowest BCUT2D eigenvalue weighted by molar-refractivity contribution is -0.00203. The lowest BCUT2D eigenvalue weighted by Crippen LogP contribution is -2.45. The van der Waals surface area contributed by atoms with Gasteiger partial charge in [-0.15, -0.1) is 0 Å². The molecule has 0 aromatic carbocycles.